The van der Waals surface area contributed by atoms with E-state index in [0.717, 1.165) is 30.3 Å². The zero-order chi connectivity index (χ0) is 12.3. The van der Waals surface area contributed by atoms with Crippen LogP contribution < -0.4 is 5.73 Å². The van der Waals surface area contributed by atoms with E-state index in [1.54, 1.807) is 0 Å². The number of nitrogens with two attached hydrogens (primary N) is 1. The van der Waals surface area contributed by atoms with Gasteiger partial charge in [-0.15, -0.1) is 0 Å². The van der Waals surface area contributed by atoms with Crippen LogP contribution >= 0.6 is 0 Å². The summed E-state index contributed by atoms with van der Waals surface area (Å²) in [6.45, 7) is 4.52. The van der Waals surface area contributed by atoms with E-state index in [4.69, 9.17) is 5.73 Å². The molecule has 17 heavy (non-hydrogen) atoms. The smallest absolute Gasteiger partial charge is 0.0135 e. The van der Waals surface area contributed by atoms with E-state index < -0.39 is 0 Å². The molecule has 2 nitrogen and oxygen atoms in total. The summed E-state index contributed by atoms with van der Waals surface area (Å²) in [6, 6.07) is 0.769. The van der Waals surface area contributed by atoms with E-state index in [0.29, 0.717) is 0 Å². The van der Waals surface area contributed by atoms with E-state index >= 15 is 0 Å². The molecular weight excluding hydrogens is 208 g/mol. The molecule has 3 unspecified atom stereocenters. The van der Waals surface area contributed by atoms with Crippen molar-refractivity contribution < 1.29 is 0 Å². The van der Waals surface area contributed by atoms with Crippen LogP contribution in [0.4, 0.5) is 0 Å². The molecule has 0 aromatic heterocycles. The molecule has 0 aliphatic heterocycles. The molecule has 0 aromatic rings. The number of nitrogens with zero attached hydrogens (tertiary/aromatic N) is 1. The molecule has 100 valence electrons. The second kappa shape index (κ2) is 6.19. The van der Waals surface area contributed by atoms with Crippen molar-refractivity contribution in [1.82, 2.24) is 4.90 Å². The summed E-state index contributed by atoms with van der Waals surface area (Å²) in [7, 11) is 2.33. The van der Waals surface area contributed by atoms with Gasteiger partial charge in [-0.2, -0.15) is 0 Å². The third-order valence-electron chi connectivity index (χ3n) is 4.87. The molecule has 2 fully saturated rings. The first kappa shape index (κ1) is 13.4. The number of hydrogen-bond donors (Lipinski definition) is 1. The number of rotatable bonds is 6. The van der Waals surface area contributed by atoms with Gasteiger partial charge in [-0.25, -0.2) is 0 Å². The van der Waals surface area contributed by atoms with E-state index in [1.807, 2.05) is 0 Å². The Balaban J connectivity index is 1.88. The molecule has 2 N–H and O–H groups in total. The Bertz CT molecular complexity index is 225. The van der Waals surface area contributed by atoms with Crippen molar-refractivity contribution in [2.24, 2.45) is 23.5 Å². The second-order valence-electron chi connectivity index (χ2n) is 6.41. The Kier molecular flexibility index (Phi) is 4.87. The lowest BCUT2D eigenvalue weighted by Gasteiger charge is -2.41. The fourth-order valence-electron chi connectivity index (χ4n) is 3.62. The van der Waals surface area contributed by atoms with E-state index in [1.165, 1.54) is 51.5 Å². The van der Waals surface area contributed by atoms with Gasteiger partial charge in [0.05, 0.1) is 0 Å². The third-order valence-corrected chi connectivity index (χ3v) is 4.87. The van der Waals surface area contributed by atoms with E-state index in [9.17, 15) is 0 Å². The minimum Gasteiger partial charge on any atom is -0.330 e. The quantitative estimate of drug-likeness (QED) is 0.771. The van der Waals surface area contributed by atoms with Crippen molar-refractivity contribution >= 4 is 0 Å². The Morgan fingerprint density at radius 1 is 1.12 bits per heavy atom. The van der Waals surface area contributed by atoms with Crippen LogP contribution in [0.2, 0.25) is 0 Å². The van der Waals surface area contributed by atoms with Gasteiger partial charge in [0.15, 0.2) is 0 Å². The first-order valence-corrected chi connectivity index (χ1v) is 7.64. The SMILES string of the molecule is CCCC1CCC(CN)C(N(C)CC2CC2)C1. The molecule has 2 rings (SSSR count). The van der Waals surface area contributed by atoms with Crippen LogP contribution in [0.15, 0.2) is 0 Å². The van der Waals surface area contributed by atoms with Crippen LogP contribution in [-0.4, -0.2) is 31.1 Å². The summed E-state index contributed by atoms with van der Waals surface area (Å²) in [5.41, 5.74) is 5.97. The largest absolute Gasteiger partial charge is 0.330 e. The lowest BCUT2D eigenvalue weighted by molar-refractivity contribution is 0.0964. The predicted molar refractivity (Wildman–Crippen MR) is 73.9 cm³/mol. The summed E-state index contributed by atoms with van der Waals surface area (Å²) in [5.74, 6) is 2.73. The van der Waals surface area contributed by atoms with Crippen LogP contribution in [0.5, 0.6) is 0 Å². The van der Waals surface area contributed by atoms with Crippen LogP contribution in [0.25, 0.3) is 0 Å². The van der Waals surface area contributed by atoms with Gasteiger partial charge < -0.3 is 10.6 Å². The molecule has 2 heteroatoms. The maximum Gasteiger partial charge on any atom is 0.0135 e. The molecule has 0 amide bonds. The van der Waals surface area contributed by atoms with Gasteiger partial charge >= 0.3 is 0 Å². The second-order valence-corrected chi connectivity index (χ2v) is 6.41. The first-order valence-electron chi connectivity index (χ1n) is 7.64. The molecule has 0 bridgehead atoms. The Labute approximate surface area is 107 Å². The average Bonchev–Trinajstić information content (AvgIpc) is 3.13. The van der Waals surface area contributed by atoms with Gasteiger partial charge in [0.1, 0.15) is 0 Å². The van der Waals surface area contributed by atoms with Gasteiger partial charge in [0.25, 0.3) is 0 Å². The fraction of sp³-hybridized carbons (Fsp3) is 1.00. The van der Waals surface area contributed by atoms with Crippen molar-refractivity contribution in [3.05, 3.63) is 0 Å². The highest BCUT2D eigenvalue weighted by atomic mass is 15.1. The fourth-order valence-corrected chi connectivity index (χ4v) is 3.62. The van der Waals surface area contributed by atoms with Crippen molar-refractivity contribution in [2.75, 3.05) is 20.1 Å². The highest BCUT2D eigenvalue weighted by molar-refractivity contribution is 4.88. The maximum atomic E-state index is 5.97. The summed E-state index contributed by atoms with van der Waals surface area (Å²) in [6.07, 6.45) is 9.87. The summed E-state index contributed by atoms with van der Waals surface area (Å²) in [5, 5.41) is 0. The normalized spacial score (nSPS) is 34.2. The first-order chi connectivity index (χ1) is 8.24. The maximum absolute atomic E-state index is 5.97. The Morgan fingerprint density at radius 3 is 2.41 bits per heavy atom. The lowest BCUT2D eigenvalue weighted by Crippen LogP contribution is -2.45. The monoisotopic (exact) mass is 238 g/mol. The van der Waals surface area contributed by atoms with Crippen LogP contribution in [-0.2, 0) is 0 Å². The average molecular weight is 238 g/mol. The van der Waals surface area contributed by atoms with Crippen LogP contribution in [0.3, 0.4) is 0 Å². The highest BCUT2D eigenvalue weighted by Gasteiger charge is 2.34. The molecule has 2 aliphatic rings. The van der Waals surface area contributed by atoms with Crippen molar-refractivity contribution in [1.29, 1.82) is 0 Å². The van der Waals surface area contributed by atoms with Gasteiger partial charge in [0.2, 0.25) is 0 Å². The summed E-state index contributed by atoms with van der Waals surface area (Å²) >= 11 is 0. The molecule has 0 saturated heterocycles. The summed E-state index contributed by atoms with van der Waals surface area (Å²) in [4.78, 5) is 2.64. The molecule has 0 aromatic carbocycles. The number of hydrogen-bond acceptors (Lipinski definition) is 2. The van der Waals surface area contributed by atoms with Crippen molar-refractivity contribution in [3.63, 3.8) is 0 Å². The molecule has 2 aliphatic carbocycles. The van der Waals surface area contributed by atoms with Gasteiger partial charge in [0, 0.05) is 12.6 Å². The van der Waals surface area contributed by atoms with Gasteiger partial charge in [-0.3, -0.25) is 0 Å². The molecule has 3 atom stereocenters. The molecule has 0 spiro atoms. The molecule has 0 heterocycles. The lowest BCUT2D eigenvalue weighted by atomic mass is 9.76. The minimum absolute atomic E-state index is 0.756. The van der Waals surface area contributed by atoms with Crippen LogP contribution in [0.1, 0.15) is 51.9 Å². The van der Waals surface area contributed by atoms with E-state index in [2.05, 4.69) is 18.9 Å². The van der Waals surface area contributed by atoms with E-state index in [-0.39, 0.29) is 0 Å². The van der Waals surface area contributed by atoms with Crippen LogP contribution in [0, 0.1) is 17.8 Å². The van der Waals surface area contributed by atoms with Crippen molar-refractivity contribution in [2.45, 2.75) is 57.9 Å². The Hall–Kier alpha value is -0.0800. The minimum atomic E-state index is 0.756. The third kappa shape index (κ3) is 3.69. The highest BCUT2D eigenvalue weighted by Crippen LogP contribution is 2.36. The Morgan fingerprint density at radius 2 is 1.82 bits per heavy atom. The molecular formula is C15H30N2. The van der Waals surface area contributed by atoms with Crippen molar-refractivity contribution in [3.8, 4) is 0 Å². The van der Waals surface area contributed by atoms with Gasteiger partial charge in [-0.05, 0) is 57.0 Å². The molecule has 0 radical (unpaired) electrons. The topological polar surface area (TPSA) is 29.3 Å². The standard InChI is InChI=1S/C15H30N2/c1-3-4-12-7-8-14(10-16)15(9-12)17(2)11-13-5-6-13/h12-15H,3-11,16H2,1-2H3. The zero-order valence-electron chi connectivity index (χ0n) is 11.7. The van der Waals surface area contributed by atoms with Gasteiger partial charge in [-0.1, -0.05) is 26.2 Å². The zero-order valence-corrected chi connectivity index (χ0v) is 11.7. The summed E-state index contributed by atoms with van der Waals surface area (Å²) < 4.78 is 0. The molecule has 2 saturated carbocycles. The predicted octanol–water partition coefficient (Wildman–Crippen LogP) is 2.87.